The van der Waals surface area contributed by atoms with Crippen LogP contribution in [0.3, 0.4) is 0 Å². The Bertz CT molecular complexity index is 610. The summed E-state index contributed by atoms with van der Waals surface area (Å²) in [5.41, 5.74) is 3.98. The lowest BCUT2D eigenvalue weighted by atomic mass is 10.2. The molecule has 0 bridgehead atoms. The number of hydrogen-bond acceptors (Lipinski definition) is 4. The van der Waals surface area contributed by atoms with E-state index in [2.05, 4.69) is 10.5 Å². The van der Waals surface area contributed by atoms with Gasteiger partial charge in [-0.05, 0) is 31.9 Å². The number of furan rings is 1. The number of amides is 1. The van der Waals surface area contributed by atoms with Gasteiger partial charge in [-0.1, -0.05) is 0 Å². The Labute approximate surface area is 110 Å². The second kappa shape index (κ2) is 4.55. The molecule has 6 heteroatoms. The first-order chi connectivity index (χ1) is 9.17. The van der Waals surface area contributed by atoms with Gasteiger partial charge in [-0.3, -0.25) is 14.9 Å². The normalized spacial score (nSPS) is 14.6. The summed E-state index contributed by atoms with van der Waals surface area (Å²) < 4.78 is 7.33. The zero-order valence-corrected chi connectivity index (χ0v) is 10.7. The zero-order valence-electron chi connectivity index (χ0n) is 10.7. The maximum Gasteiger partial charge on any atom is 0.301 e. The summed E-state index contributed by atoms with van der Waals surface area (Å²) in [5.74, 6) is 6.28. The van der Waals surface area contributed by atoms with Crippen molar-refractivity contribution in [1.82, 2.24) is 15.2 Å². The molecule has 1 saturated carbocycles. The lowest BCUT2D eigenvalue weighted by Gasteiger charge is -1.98. The fourth-order valence-electron chi connectivity index (χ4n) is 2.14. The number of nitrogens with zero attached hydrogens (tertiary/aromatic N) is 2. The quantitative estimate of drug-likeness (QED) is 0.493. The summed E-state index contributed by atoms with van der Waals surface area (Å²) in [7, 11) is 0. The summed E-state index contributed by atoms with van der Waals surface area (Å²) in [4.78, 5) is 11.4. The van der Waals surface area contributed by atoms with Crippen LogP contribution in [0.25, 0.3) is 0 Å². The van der Waals surface area contributed by atoms with Crippen LogP contribution in [-0.4, -0.2) is 15.7 Å². The van der Waals surface area contributed by atoms with Crippen molar-refractivity contribution in [2.75, 3.05) is 0 Å². The minimum atomic E-state index is -0.414. The molecule has 19 heavy (non-hydrogen) atoms. The lowest BCUT2D eigenvalue weighted by molar-refractivity contribution is 0.0923. The Hall–Kier alpha value is -2.08. The third-order valence-corrected chi connectivity index (χ3v) is 3.28. The molecule has 0 atom stereocenters. The van der Waals surface area contributed by atoms with E-state index in [-0.39, 0.29) is 5.76 Å². The lowest BCUT2D eigenvalue weighted by Crippen LogP contribution is -2.30. The number of aryl methyl sites for hydroxylation is 1. The molecule has 0 aromatic carbocycles. The van der Waals surface area contributed by atoms with Crippen molar-refractivity contribution in [2.24, 2.45) is 5.84 Å². The maximum absolute atomic E-state index is 11.4. The fourth-order valence-corrected chi connectivity index (χ4v) is 2.14. The topological polar surface area (TPSA) is 86.1 Å². The van der Waals surface area contributed by atoms with Crippen molar-refractivity contribution >= 4 is 5.91 Å². The van der Waals surface area contributed by atoms with E-state index in [1.165, 1.54) is 12.8 Å². The SMILES string of the molecule is Cc1cc(Cn2ccc(C3CC3)n2)oc1C(=O)NN. The highest BCUT2D eigenvalue weighted by Gasteiger charge is 2.25. The smallest absolute Gasteiger partial charge is 0.301 e. The van der Waals surface area contributed by atoms with Gasteiger partial charge in [0.05, 0.1) is 12.2 Å². The van der Waals surface area contributed by atoms with Crippen LogP contribution >= 0.6 is 0 Å². The molecule has 0 spiro atoms. The number of nitrogen functional groups attached to an aromatic ring is 1. The molecule has 1 aliphatic carbocycles. The van der Waals surface area contributed by atoms with Gasteiger partial charge in [0.2, 0.25) is 0 Å². The summed E-state index contributed by atoms with van der Waals surface area (Å²) in [6.45, 7) is 2.34. The molecular formula is C13H16N4O2. The Morgan fingerprint density at radius 3 is 3.11 bits per heavy atom. The molecule has 2 aromatic heterocycles. The Balaban J connectivity index is 1.76. The van der Waals surface area contributed by atoms with E-state index in [1.807, 2.05) is 29.9 Å². The maximum atomic E-state index is 11.4. The first-order valence-corrected chi connectivity index (χ1v) is 6.31. The fraction of sp³-hybridized carbons (Fsp3) is 0.385. The van der Waals surface area contributed by atoms with Gasteiger partial charge in [0.15, 0.2) is 5.76 Å². The summed E-state index contributed by atoms with van der Waals surface area (Å²) in [6, 6.07) is 3.88. The molecule has 1 fully saturated rings. The minimum absolute atomic E-state index is 0.257. The molecule has 3 N–H and O–H groups in total. The Morgan fingerprint density at radius 2 is 2.42 bits per heavy atom. The molecule has 0 radical (unpaired) electrons. The van der Waals surface area contributed by atoms with Crippen molar-refractivity contribution in [1.29, 1.82) is 0 Å². The predicted octanol–water partition coefficient (Wildman–Crippen LogP) is 1.31. The average Bonchev–Trinajstić information content (AvgIpc) is 3.05. The molecule has 1 amide bonds. The van der Waals surface area contributed by atoms with Crippen LogP contribution in [0.4, 0.5) is 0 Å². The summed E-state index contributed by atoms with van der Waals surface area (Å²) >= 11 is 0. The third kappa shape index (κ3) is 2.39. The van der Waals surface area contributed by atoms with Crippen molar-refractivity contribution < 1.29 is 9.21 Å². The summed E-state index contributed by atoms with van der Waals surface area (Å²) in [5, 5.41) is 4.50. The minimum Gasteiger partial charge on any atom is -0.454 e. The van der Waals surface area contributed by atoms with E-state index in [1.54, 1.807) is 0 Å². The highest BCUT2D eigenvalue weighted by Crippen LogP contribution is 2.38. The second-order valence-electron chi connectivity index (χ2n) is 4.91. The number of nitrogens with one attached hydrogen (secondary N) is 1. The number of rotatable bonds is 4. The molecule has 100 valence electrons. The van der Waals surface area contributed by atoms with E-state index in [0.717, 1.165) is 11.3 Å². The van der Waals surface area contributed by atoms with Crippen LogP contribution in [0.2, 0.25) is 0 Å². The van der Waals surface area contributed by atoms with Gasteiger partial charge in [-0.2, -0.15) is 5.10 Å². The monoisotopic (exact) mass is 260 g/mol. The van der Waals surface area contributed by atoms with Crippen molar-refractivity contribution in [3.05, 3.63) is 41.1 Å². The van der Waals surface area contributed by atoms with Crippen molar-refractivity contribution in [3.8, 4) is 0 Å². The van der Waals surface area contributed by atoms with Crippen LogP contribution in [0.5, 0.6) is 0 Å². The first-order valence-electron chi connectivity index (χ1n) is 6.31. The molecular weight excluding hydrogens is 244 g/mol. The molecule has 6 nitrogen and oxygen atoms in total. The van der Waals surface area contributed by atoms with Gasteiger partial charge >= 0.3 is 5.91 Å². The standard InChI is InChI=1S/C13H16N4O2/c1-8-6-10(19-12(8)13(18)15-14)7-17-5-4-11(16-17)9-2-3-9/h4-6,9H,2-3,7,14H2,1H3,(H,15,18). The number of hydrazine groups is 1. The van der Waals surface area contributed by atoms with Crippen molar-refractivity contribution in [3.63, 3.8) is 0 Å². The third-order valence-electron chi connectivity index (χ3n) is 3.28. The van der Waals surface area contributed by atoms with E-state index >= 15 is 0 Å². The number of carbonyl (C=O) groups is 1. The first kappa shape index (κ1) is 12.0. The van der Waals surface area contributed by atoms with E-state index in [4.69, 9.17) is 10.3 Å². The van der Waals surface area contributed by atoms with Crippen LogP contribution in [0.15, 0.2) is 22.7 Å². The zero-order chi connectivity index (χ0) is 13.4. The predicted molar refractivity (Wildman–Crippen MR) is 68.4 cm³/mol. The molecule has 0 unspecified atom stereocenters. The number of hydrogen-bond donors (Lipinski definition) is 2. The van der Waals surface area contributed by atoms with Gasteiger partial charge in [-0.25, -0.2) is 5.84 Å². The second-order valence-corrected chi connectivity index (χ2v) is 4.91. The number of aromatic nitrogens is 2. The Kier molecular flexibility index (Phi) is 2.87. The van der Waals surface area contributed by atoms with Gasteiger partial charge < -0.3 is 4.42 Å². The highest BCUT2D eigenvalue weighted by atomic mass is 16.4. The van der Waals surface area contributed by atoms with Crippen LogP contribution in [0, 0.1) is 6.92 Å². The summed E-state index contributed by atoms with van der Waals surface area (Å²) in [6.07, 6.45) is 4.41. The van der Waals surface area contributed by atoms with Crippen LogP contribution in [-0.2, 0) is 6.54 Å². The molecule has 3 rings (SSSR count). The van der Waals surface area contributed by atoms with Gasteiger partial charge in [0, 0.05) is 17.7 Å². The average molecular weight is 260 g/mol. The molecule has 0 aliphatic heterocycles. The highest BCUT2D eigenvalue weighted by molar-refractivity contribution is 5.92. The molecule has 2 aromatic rings. The molecule has 2 heterocycles. The number of carbonyl (C=O) groups excluding carboxylic acids is 1. The van der Waals surface area contributed by atoms with Gasteiger partial charge in [0.1, 0.15) is 5.76 Å². The van der Waals surface area contributed by atoms with E-state index < -0.39 is 5.91 Å². The van der Waals surface area contributed by atoms with E-state index in [0.29, 0.717) is 18.2 Å². The van der Waals surface area contributed by atoms with Crippen LogP contribution in [0.1, 0.15) is 46.3 Å². The molecule has 1 aliphatic rings. The van der Waals surface area contributed by atoms with Crippen LogP contribution < -0.4 is 11.3 Å². The van der Waals surface area contributed by atoms with Crippen molar-refractivity contribution in [2.45, 2.75) is 32.2 Å². The number of nitrogens with two attached hydrogens (primary N) is 1. The Morgan fingerprint density at radius 1 is 1.63 bits per heavy atom. The van der Waals surface area contributed by atoms with Gasteiger partial charge in [0.25, 0.3) is 0 Å². The largest absolute Gasteiger partial charge is 0.454 e. The van der Waals surface area contributed by atoms with E-state index in [9.17, 15) is 4.79 Å². The van der Waals surface area contributed by atoms with Gasteiger partial charge in [-0.15, -0.1) is 0 Å². The molecule has 0 saturated heterocycles.